The van der Waals surface area contributed by atoms with Crippen molar-refractivity contribution in [2.45, 2.75) is 41.7 Å². The smallest absolute Gasteiger partial charge is 0.311 e. The summed E-state index contributed by atoms with van der Waals surface area (Å²) >= 11 is 0. The predicted octanol–water partition coefficient (Wildman–Crippen LogP) is -5.49. The topological polar surface area (TPSA) is 178 Å². The third-order valence-electron chi connectivity index (χ3n) is 5.30. The average molecular weight is 319 g/mol. The van der Waals surface area contributed by atoms with Gasteiger partial charge in [0.1, 0.15) is 23.5 Å². The van der Waals surface area contributed by atoms with Crippen molar-refractivity contribution in [3.05, 3.63) is 0 Å². The van der Waals surface area contributed by atoms with E-state index in [1.54, 1.807) is 0 Å². The first kappa shape index (κ1) is 14.8. The van der Waals surface area contributed by atoms with Gasteiger partial charge in [-0.15, -0.1) is 0 Å². The monoisotopic (exact) mass is 319 g/mol. The number of nitrogens with zero attached hydrogens (tertiary/aromatic N) is 1. The van der Waals surface area contributed by atoms with Crippen molar-refractivity contribution in [3.8, 4) is 0 Å². The Hall–Kier alpha value is -0.730. The number of nitrogens with two attached hydrogens (primary N) is 1. The fourth-order valence-corrected chi connectivity index (χ4v) is 4.24. The van der Waals surface area contributed by atoms with E-state index in [4.69, 9.17) is 15.3 Å². The number of ketones is 1. The molecular weight excluding hydrogens is 302 g/mol. The summed E-state index contributed by atoms with van der Waals surface area (Å²) in [5.74, 6) is 1.26. The Morgan fingerprint density at radius 3 is 2.68 bits per heavy atom. The molecule has 1 saturated carbocycles. The molecule has 0 aromatic carbocycles. The van der Waals surface area contributed by atoms with Crippen LogP contribution in [-0.4, -0.2) is 91.3 Å². The molecule has 124 valence electrons. The zero-order chi connectivity index (χ0) is 16.1. The van der Waals surface area contributed by atoms with E-state index in [1.165, 1.54) is 0 Å². The van der Waals surface area contributed by atoms with Crippen molar-refractivity contribution in [1.82, 2.24) is 10.3 Å². The molecule has 4 bridgehead atoms. The van der Waals surface area contributed by atoms with Crippen molar-refractivity contribution in [2.75, 3.05) is 13.3 Å². The van der Waals surface area contributed by atoms with Crippen molar-refractivity contribution in [2.24, 2.45) is 11.8 Å². The van der Waals surface area contributed by atoms with Crippen LogP contribution in [0.25, 0.3) is 0 Å². The van der Waals surface area contributed by atoms with Crippen molar-refractivity contribution in [1.29, 1.82) is 0 Å². The number of aliphatic hydroxyl groups is 5. The highest BCUT2D eigenvalue weighted by atomic mass is 16.9. The number of rotatable bonds is 1. The largest absolute Gasteiger partial charge is 0.393 e. The molecule has 1 spiro atoms. The van der Waals surface area contributed by atoms with Crippen molar-refractivity contribution in [3.63, 3.8) is 0 Å². The molecule has 22 heavy (non-hydrogen) atoms. The van der Waals surface area contributed by atoms with Gasteiger partial charge in [0.2, 0.25) is 0 Å². The molecular formula is C11H17N3O8. The molecule has 8 N–H and O–H groups in total. The van der Waals surface area contributed by atoms with E-state index in [2.05, 4.69) is 5.32 Å². The number of aliphatic hydroxyl groups excluding tert-OH is 3. The predicted molar refractivity (Wildman–Crippen MR) is 64.0 cm³/mol. The van der Waals surface area contributed by atoms with Crippen LogP contribution in [-0.2, 0) is 14.3 Å². The Balaban J connectivity index is 1.96. The lowest BCUT2D eigenvalue weighted by molar-refractivity contribution is -0.526. The van der Waals surface area contributed by atoms with Crippen molar-refractivity contribution >= 4 is 5.78 Å². The summed E-state index contributed by atoms with van der Waals surface area (Å²) in [6, 6.07) is 0. The van der Waals surface area contributed by atoms with Gasteiger partial charge in [0.05, 0.1) is 19.2 Å². The van der Waals surface area contributed by atoms with Crippen LogP contribution in [0.2, 0.25) is 0 Å². The third kappa shape index (κ3) is 1.27. The van der Waals surface area contributed by atoms with Crippen LogP contribution in [0, 0.1) is 5.92 Å². The SMILES string of the molecule is NN1CNC(O)C2C3OC4(O)OC(C(=O)C21C4O)C3(O)CO. The number of nitrogens with one attached hydrogen (secondary N) is 1. The third-order valence-corrected chi connectivity index (χ3v) is 5.30. The quantitative estimate of drug-likeness (QED) is 0.229. The minimum absolute atomic E-state index is 0.145. The Morgan fingerprint density at radius 1 is 1.36 bits per heavy atom. The Bertz CT molecular complexity index is 549. The lowest BCUT2D eigenvalue weighted by Gasteiger charge is -2.70. The van der Waals surface area contributed by atoms with Gasteiger partial charge in [-0.25, -0.2) is 5.01 Å². The molecule has 0 aromatic heterocycles. The van der Waals surface area contributed by atoms with Crippen LogP contribution < -0.4 is 11.2 Å². The average Bonchev–Trinajstić information content (AvgIpc) is 2.48. The molecule has 8 unspecified atom stereocenters. The second kappa shape index (κ2) is 4.02. The standard InChI is InChI=1S/C11H17N3O8/c12-14-2-13-7(17)3-5-9(19,1-15)6-4(16)10(3,14)8(18)11(20,21-5)22-6/h3,5-8,13,15,17-20H,1-2,12H2. The fourth-order valence-electron chi connectivity index (χ4n) is 4.24. The van der Waals surface area contributed by atoms with Gasteiger partial charge in [-0.05, 0) is 0 Å². The minimum Gasteiger partial charge on any atom is -0.393 e. The van der Waals surface area contributed by atoms with Crippen LogP contribution in [0.3, 0.4) is 0 Å². The summed E-state index contributed by atoms with van der Waals surface area (Å²) in [6.07, 6.45) is -6.27. The minimum atomic E-state index is -2.56. The summed E-state index contributed by atoms with van der Waals surface area (Å²) in [4.78, 5) is 12.8. The van der Waals surface area contributed by atoms with Gasteiger partial charge >= 0.3 is 5.97 Å². The highest BCUT2D eigenvalue weighted by molar-refractivity contribution is 5.97. The van der Waals surface area contributed by atoms with E-state index < -0.39 is 60.0 Å². The van der Waals surface area contributed by atoms with Gasteiger partial charge in [0.15, 0.2) is 18.0 Å². The molecule has 0 amide bonds. The van der Waals surface area contributed by atoms with Gasteiger partial charge in [-0.2, -0.15) is 0 Å². The van der Waals surface area contributed by atoms with E-state index in [-0.39, 0.29) is 6.67 Å². The van der Waals surface area contributed by atoms with E-state index in [0.29, 0.717) is 0 Å². The lowest BCUT2D eigenvalue weighted by atomic mass is 9.55. The number of hydrogen-bond donors (Lipinski definition) is 7. The molecule has 11 heteroatoms. The summed E-state index contributed by atoms with van der Waals surface area (Å²) < 4.78 is 10.2. The lowest BCUT2D eigenvalue weighted by Crippen LogP contribution is -2.96. The van der Waals surface area contributed by atoms with Crippen LogP contribution in [0.5, 0.6) is 0 Å². The number of carbonyl (C=O) groups is 1. The van der Waals surface area contributed by atoms with Crippen LogP contribution in [0.15, 0.2) is 0 Å². The van der Waals surface area contributed by atoms with Gasteiger partial charge in [-0.1, -0.05) is 0 Å². The normalized spacial score (nSPS) is 60.6. The first-order valence-corrected chi connectivity index (χ1v) is 6.81. The number of hydrazine groups is 1. The summed E-state index contributed by atoms with van der Waals surface area (Å²) in [5.41, 5.74) is -4.06. The number of carbonyl (C=O) groups excluding carboxylic acids is 1. The van der Waals surface area contributed by atoms with E-state index in [0.717, 1.165) is 5.01 Å². The zero-order valence-corrected chi connectivity index (χ0v) is 11.3. The van der Waals surface area contributed by atoms with Crippen LogP contribution in [0.1, 0.15) is 0 Å². The molecule has 5 fully saturated rings. The summed E-state index contributed by atoms with van der Waals surface area (Å²) in [7, 11) is 0. The van der Waals surface area contributed by atoms with Crippen molar-refractivity contribution < 1.29 is 39.8 Å². The first-order valence-electron chi connectivity index (χ1n) is 6.81. The van der Waals surface area contributed by atoms with Gasteiger partial charge in [-0.3, -0.25) is 16.0 Å². The maximum Gasteiger partial charge on any atom is 0.311 e. The van der Waals surface area contributed by atoms with Crippen LogP contribution in [0.4, 0.5) is 0 Å². The van der Waals surface area contributed by atoms with Gasteiger partial charge in [0, 0.05) is 0 Å². The highest BCUT2D eigenvalue weighted by Gasteiger charge is 2.84. The number of ether oxygens (including phenoxy) is 2. The van der Waals surface area contributed by atoms with E-state index >= 15 is 0 Å². The molecule has 1 aliphatic carbocycles. The second-order valence-electron chi connectivity index (χ2n) is 6.21. The molecule has 4 heterocycles. The molecule has 8 atom stereocenters. The molecule has 0 aromatic rings. The second-order valence-corrected chi connectivity index (χ2v) is 6.21. The molecule has 5 aliphatic rings. The molecule has 0 radical (unpaired) electrons. The summed E-state index contributed by atoms with van der Waals surface area (Å²) in [6.45, 7) is -1.04. The summed E-state index contributed by atoms with van der Waals surface area (Å²) in [5, 5.41) is 54.7. The number of Topliss-reactive ketones (excluding diaryl/α,β-unsaturated/α-hetero) is 1. The Morgan fingerprint density at radius 2 is 2.05 bits per heavy atom. The van der Waals surface area contributed by atoms with E-state index in [9.17, 15) is 30.3 Å². The van der Waals surface area contributed by atoms with Gasteiger partial charge < -0.3 is 35.0 Å². The van der Waals surface area contributed by atoms with Gasteiger partial charge in [0.25, 0.3) is 0 Å². The fraction of sp³-hybridized carbons (Fsp3) is 0.909. The Labute approximate surface area is 123 Å². The maximum absolute atomic E-state index is 12.8. The highest BCUT2D eigenvalue weighted by Crippen LogP contribution is 2.58. The molecule has 5 rings (SSSR count). The maximum atomic E-state index is 12.8. The number of hydrogen-bond acceptors (Lipinski definition) is 11. The zero-order valence-electron chi connectivity index (χ0n) is 11.3. The molecule has 4 saturated heterocycles. The molecule has 11 nitrogen and oxygen atoms in total. The first-order chi connectivity index (χ1) is 10.2. The molecule has 4 aliphatic heterocycles. The van der Waals surface area contributed by atoms with Crippen LogP contribution >= 0.6 is 0 Å². The van der Waals surface area contributed by atoms with E-state index in [1.807, 2.05) is 0 Å². The Kier molecular flexibility index (Phi) is 2.71.